The topological polar surface area (TPSA) is 28.2 Å². The van der Waals surface area contributed by atoms with Crippen LogP contribution < -0.4 is 5.32 Å². The fourth-order valence-electron chi connectivity index (χ4n) is 3.66. The molecule has 1 heterocycles. The first kappa shape index (κ1) is 21.6. The highest BCUT2D eigenvalue weighted by Gasteiger charge is 2.06. The molecule has 4 heteroatoms. The van der Waals surface area contributed by atoms with E-state index in [1.54, 1.807) is 0 Å². The molecule has 0 spiro atoms. The number of hydrogen-bond donors (Lipinski definition) is 1. The minimum absolute atomic E-state index is 0.726. The lowest BCUT2D eigenvalue weighted by Gasteiger charge is -2.22. The molecule has 0 atom stereocenters. The quantitative estimate of drug-likeness (QED) is 0.334. The van der Waals surface area contributed by atoms with Crippen molar-refractivity contribution in [2.75, 3.05) is 25.0 Å². The Hall–Kier alpha value is -2.10. The van der Waals surface area contributed by atoms with Gasteiger partial charge in [-0.2, -0.15) is 0 Å². The molecule has 3 aromatic rings. The van der Waals surface area contributed by atoms with Crippen LogP contribution in [0.1, 0.15) is 44.6 Å². The van der Waals surface area contributed by atoms with Crippen molar-refractivity contribution in [2.24, 2.45) is 0 Å². The van der Waals surface area contributed by atoms with Crippen LogP contribution in [0.5, 0.6) is 0 Å². The molecule has 3 nitrogen and oxygen atoms in total. The third-order valence-corrected chi connectivity index (χ3v) is 5.48. The number of fused-ring (bicyclic) bond motifs is 1. The summed E-state index contributed by atoms with van der Waals surface area (Å²) in [6, 6.07) is 18.8. The maximum atomic E-state index is 6.08. The Morgan fingerprint density at radius 3 is 2.52 bits per heavy atom. The first-order chi connectivity index (χ1) is 14.3. The molecule has 0 unspecified atom stereocenters. The molecular formula is C25H32ClN3. The van der Waals surface area contributed by atoms with Crippen molar-refractivity contribution in [3.63, 3.8) is 0 Å². The van der Waals surface area contributed by atoms with Gasteiger partial charge in [0, 0.05) is 35.4 Å². The molecule has 0 saturated carbocycles. The van der Waals surface area contributed by atoms with Gasteiger partial charge >= 0.3 is 0 Å². The van der Waals surface area contributed by atoms with E-state index in [0.717, 1.165) is 47.7 Å². The summed E-state index contributed by atoms with van der Waals surface area (Å²) in [7, 11) is 0. The molecule has 0 radical (unpaired) electrons. The van der Waals surface area contributed by atoms with Crippen LogP contribution >= 0.6 is 11.6 Å². The van der Waals surface area contributed by atoms with E-state index in [0.29, 0.717) is 0 Å². The van der Waals surface area contributed by atoms with Crippen LogP contribution in [0.4, 0.5) is 5.69 Å². The average Bonchev–Trinajstić information content (AvgIpc) is 2.74. The molecule has 0 bridgehead atoms. The van der Waals surface area contributed by atoms with Gasteiger partial charge in [-0.3, -0.25) is 9.88 Å². The van der Waals surface area contributed by atoms with Gasteiger partial charge in [-0.25, -0.2) is 0 Å². The lowest BCUT2D eigenvalue weighted by Crippen LogP contribution is -2.26. The van der Waals surface area contributed by atoms with Crippen molar-refractivity contribution in [1.82, 2.24) is 9.88 Å². The summed E-state index contributed by atoms with van der Waals surface area (Å²) in [4.78, 5) is 7.02. The van der Waals surface area contributed by atoms with E-state index < -0.39 is 0 Å². The lowest BCUT2D eigenvalue weighted by atomic mass is 10.1. The van der Waals surface area contributed by atoms with Crippen molar-refractivity contribution in [1.29, 1.82) is 0 Å². The highest BCUT2D eigenvalue weighted by Crippen LogP contribution is 2.24. The van der Waals surface area contributed by atoms with Gasteiger partial charge in [0.1, 0.15) is 0 Å². The van der Waals surface area contributed by atoms with Crippen LogP contribution in [0.3, 0.4) is 0 Å². The molecule has 1 aromatic heterocycles. The Morgan fingerprint density at radius 2 is 1.72 bits per heavy atom. The summed E-state index contributed by atoms with van der Waals surface area (Å²) in [6.07, 6.45) is 8.06. The van der Waals surface area contributed by atoms with Crippen molar-refractivity contribution in [2.45, 2.75) is 45.6 Å². The largest absolute Gasteiger partial charge is 0.384 e. The number of rotatable bonds is 12. The normalized spacial score (nSPS) is 11.3. The average molecular weight is 410 g/mol. The summed E-state index contributed by atoms with van der Waals surface area (Å²) in [5, 5.41) is 5.43. The summed E-state index contributed by atoms with van der Waals surface area (Å²) in [5.74, 6) is 0. The van der Waals surface area contributed by atoms with Gasteiger partial charge < -0.3 is 5.32 Å². The lowest BCUT2D eigenvalue weighted by molar-refractivity contribution is 0.255. The first-order valence-corrected chi connectivity index (χ1v) is 11.2. The number of nitrogens with one attached hydrogen (secondary N) is 1. The number of benzene rings is 2. The van der Waals surface area contributed by atoms with E-state index >= 15 is 0 Å². The van der Waals surface area contributed by atoms with Gasteiger partial charge in [0.15, 0.2) is 0 Å². The van der Waals surface area contributed by atoms with Crippen molar-refractivity contribution >= 4 is 28.2 Å². The molecule has 0 aliphatic carbocycles. The number of nitrogens with zero attached hydrogens (tertiary/aromatic N) is 2. The predicted molar refractivity (Wildman–Crippen MR) is 126 cm³/mol. The smallest absolute Gasteiger partial charge is 0.0737 e. The summed E-state index contributed by atoms with van der Waals surface area (Å²) in [5.41, 5.74) is 3.48. The highest BCUT2D eigenvalue weighted by molar-refractivity contribution is 6.31. The van der Waals surface area contributed by atoms with Gasteiger partial charge in [-0.05, 0) is 62.2 Å². The molecule has 2 aromatic carbocycles. The van der Waals surface area contributed by atoms with Crippen LogP contribution in [0.15, 0.2) is 60.8 Å². The molecule has 3 rings (SSSR count). The van der Waals surface area contributed by atoms with Gasteiger partial charge in [0.25, 0.3) is 0 Å². The molecule has 0 amide bonds. The van der Waals surface area contributed by atoms with E-state index in [4.69, 9.17) is 11.6 Å². The van der Waals surface area contributed by atoms with Gasteiger partial charge in [0.05, 0.1) is 5.52 Å². The Bertz CT molecular complexity index is 866. The van der Waals surface area contributed by atoms with E-state index in [9.17, 15) is 0 Å². The van der Waals surface area contributed by atoms with Crippen molar-refractivity contribution < 1.29 is 0 Å². The number of aromatic nitrogens is 1. The third-order valence-electron chi connectivity index (χ3n) is 5.25. The fraction of sp³-hybridized carbons (Fsp3) is 0.400. The molecule has 0 fully saturated rings. The molecule has 29 heavy (non-hydrogen) atoms. The number of unbranched alkanes of at least 4 members (excludes halogenated alkanes) is 3. The Labute approximate surface area is 180 Å². The number of halogens is 1. The minimum atomic E-state index is 0.726. The standard InChI is InChI=1S/C25H32ClN3/c1-2-3-8-17-29(20-21-10-5-4-6-11-21)18-9-7-15-27-24-14-16-28-25-19-22(26)12-13-23(24)25/h4-6,10-14,16,19H,2-3,7-9,15,17-18,20H2,1H3,(H,27,28). The van der Waals surface area contributed by atoms with Gasteiger partial charge in [-0.1, -0.05) is 61.7 Å². The highest BCUT2D eigenvalue weighted by atomic mass is 35.5. The number of hydrogen-bond acceptors (Lipinski definition) is 3. The Morgan fingerprint density at radius 1 is 0.931 bits per heavy atom. The van der Waals surface area contributed by atoms with Crippen LogP contribution in [0, 0.1) is 0 Å². The zero-order chi connectivity index (χ0) is 20.3. The second-order valence-electron chi connectivity index (χ2n) is 7.62. The molecular weight excluding hydrogens is 378 g/mol. The fourth-order valence-corrected chi connectivity index (χ4v) is 3.82. The predicted octanol–water partition coefficient (Wildman–Crippen LogP) is 6.77. The van der Waals surface area contributed by atoms with Crippen molar-refractivity contribution in [3.05, 3.63) is 71.4 Å². The van der Waals surface area contributed by atoms with Crippen LogP contribution in [-0.2, 0) is 6.54 Å². The maximum absolute atomic E-state index is 6.08. The monoisotopic (exact) mass is 409 g/mol. The van der Waals surface area contributed by atoms with Crippen LogP contribution in [0.2, 0.25) is 5.02 Å². The molecule has 1 N–H and O–H groups in total. The zero-order valence-electron chi connectivity index (χ0n) is 17.4. The SMILES string of the molecule is CCCCCN(CCCCNc1ccnc2cc(Cl)ccc12)Cc1ccccc1. The third kappa shape index (κ3) is 7.02. The second kappa shape index (κ2) is 11.8. The summed E-state index contributed by atoms with van der Waals surface area (Å²) < 4.78 is 0. The van der Waals surface area contributed by atoms with Crippen molar-refractivity contribution in [3.8, 4) is 0 Å². The Kier molecular flexibility index (Phi) is 8.79. The van der Waals surface area contributed by atoms with E-state index in [1.165, 1.54) is 37.8 Å². The Balaban J connectivity index is 1.47. The maximum Gasteiger partial charge on any atom is 0.0737 e. The zero-order valence-corrected chi connectivity index (χ0v) is 18.2. The molecule has 0 saturated heterocycles. The molecule has 0 aliphatic rings. The number of anilines is 1. The summed E-state index contributed by atoms with van der Waals surface area (Å²) in [6.45, 7) is 6.62. The van der Waals surface area contributed by atoms with E-state index in [1.807, 2.05) is 30.5 Å². The first-order valence-electron chi connectivity index (χ1n) is 10.8. The second-order valence-corrected chi connectivity index (χ2v) is 8.06. The van der Waals surface area contributed by atoms with Gasteiger partial charge in [0.2, 0.25) is 0 Å². The van der Waals surface area contributed by atoms with Crippen LogP contribution in [0.25, 0.3) is 10.9 Å². The minimum Gasteiger partial charge on any atom is -0.384 e. The van der Waals surface area contributed by atoms with E-state index in [2.05, 4.69) is 52.5 Å². The van der Waals surface area contributed by atoms with Crippen LogP contribution in [-0.4, -0.2) is 29.5 Å². The van der Waals surface area contributed by atoms with Gasteiger partial charge in [-0.15, -0.1) is 0 Å². The van der Waals surface area contributed by atoms with E-state index in [-0.39, 0.29) is 0 Å². The molecule has 0 aliphatic heterocycles. The summed E-state index contributed by atoms with van der Waals surface area (Å²) >= 11 is 6.08. The molecule has 154 valence electrons. The number of pyridine rings is 1.